The summed E-state index contributed by atoms with van der Waals surface area (Å²) in [6.45, 7) is 3.44. The number of imidazole rings is 1. The van der Waals surface area contributed by atoms with E-state index >= 15 is 0 Å². The van der Waals surface area contributed by atoms with Gasteiger partial charge in [0.1, 0.15) is 5.82 Å². The summed E-state index contributed by atoms with van der Waals surface area (Å²) in [5.41, 5.74) is 2.40. The number of hydrogen-bond donors (Lipinski definition) is 0. The van der Waals surface area contributed by atoms with Crippen LogP contribution in [-0.2, 0) is 19.4 Å². The second kappa shape index (κ2) is 5.34. The molecule has 0 amide bonds. The van der Waals surface area contributed by atoms with E-state index in [2.05, 4.69) is 22.6 Å². The Morgan fingerprint density at radius 2 is 2.05 bits per heavy atom. The van der Waals surface area contributed by atoms with Gasteiger partial charge >= 0.3 is 0 Å². The van der Waals surface area contributed by atoms with Crippen molar-refractivity contribution >= 4 is 0 Å². The van der Waals surface area contributed by atoms with E-state index in [4.69, 9.17) is 10.2 Å². The first-order valence-corrected chi connectivity index (χ1v) is 7.43. The number of hydrogen-bond acceptors (Lipinski definition) is 3. The lowest BCUT2D eigenvalue weighted by Crippen LogP contribution is -2.30. The zero-order valence-corrected chi connectivity index (χ0v) is 11.7. The SMILES string of the molecule is CN1CCC(c2nc(CC#N)c3n2CCCC3)CC1. The highest BCUT2D eigenvalue weighted by Crippen LogP contribution is 2.31. The van der Waals surface area contributed by atoms with E-state index in [0.717, 1.165) is 18.7 Å². The van der Waals surface area contributed by atoms with Crippen LogP contribution in [0.3, 0.4) is 0 Å². The maximum absolute atomic E-state index is 8.97. The largest absolute Gasteiger partial charge is 0.331 e. The predicted octanol–water partition coefficient (Wildman–Crippen LogP) is 2.09. The highest BCUT2D eigenvalue weighted by Gasteiger charge is 2.27. The first-order valence-electron chi connectivity index (χ1n) is 7.43. The summed E-state index contributed by atoms with van der Waals surface area (Å²) < 4.78 is 2.44. The molecule has 0 aromatic carbocycles. The Hall–Kier alpha value is -1.34. The number of aromatic nitrogens is 2. The van der Waals surface area contributed by atoms with Crippen LogP contribution in [0.25, 0.3) is 0 Å². The lowest BCUT2D eigenvalue weighted by molar-refractivity contribution is 0.247. The highest BCUT2D eigenvalue weighted by atomic mass is 15.1. The smallest absolute Gasteiger partial charge is 0.112 e. The Bertz CT molecular complexity index is 489. The lowest BCUT2D eigenvalue weighted by Gasteiger charge is -2.29. The van der Waals surface area contributed by atoms with Crippen molar-refractivity contribution in [3.05, 3.63) is 17.2 Å². The summed E-state index contributed by atoms with van der Waals surface area (Å²) in [6.07, 6.45) is 6.50. The van der Waals surface area contributed by atoms with Crippen molar-refractivity contribution in [2.45, 2.75) is 51.0 Å². The molecule has 0 N–H and O–H groups in total. The van der Waals surface area contributed by atoms with E-state index in [1.54, 1.807) is 0 Å². The van der Waals surface area contributed by atoms with Crippen LogP contribution in [0.15, 0.2) is 0 Å². The second-order valence-electron chi connectivity index (χ2n) is 5.88. The van der Waals surface area contributed by atoms with Crippen LogP contribution in [0.5, 0.6) is 0 Å². The van der Waals surface area contributed by atoms with Gasteiger partial charge in [-0.25, -0.2) is 4.98 Å². The number of fused-ring (bicyclic) bond motifs is 1. The van der Waals surface area contributed by atoms with Crippen LogP contribution in [0.1, 0.15) is 48.8 Å². The minimum Gasteiger partial charge on any atom is -0.331 e. The molecule has 0 aliphatic carbocycles. The summed E-state index contributed by atoms with van der Waals surface area (Å²) >= 11 is 0. The molecular formula is C15H22N4. The van der Waals surface area contributed by atoms with Crippen molar-refractivity contribution in [1.82, 2.24) is 14.5 Å². The average molecular weight is 258 g/mol. The molecule has 1 fully saturated rings. The third-order valence-electron chi connectivity index (χ3n) is 4.56. The van der Waals surface area contributed by atoms with Gasteiger partial charge in [0, 0.05) is 18.2 Å². The molecule has 3 heterocycles. The molecule has 4 nitrogen and oxygen atoms in total. The summed E-state index contributed by atoms with van der Waals surface area (Å²) in [6, 6.07) is 2.27. The molecule has 4 heteroatoms. The summed E-state index contributed by atoms with van der Waals surface area (Å²) in [4.78, 5) is 7.25. The van der Waals surface area contributed by atoms with Crippen LogP contribution < -0.4 is 0 Å². The zero-order chi connectivity index (χ0) is 13.2. The topological polar surface area (TPSA) is 44.9 Å². The van der Waals surface area contributed by atoms with Crippen molar-refractivity contribution in [3.8, 4) is 6.07 Å². The van der Waals surface area contributed by atoms with E-state index in [9.17, 15) is 0 Å². The fraction of sp³-hybridized carbons (Fsp3) is 0.733. The van der Waals surface area contributed by atoms with Gasteiger partial charge in [-0.15, -0.1) is 0 Å². The van der Waals surface area contributed by atoms with Gasteiger partial charge < -0.3 is 9.47 Å². The number of piperidine rings is 1. The first-order chi connectivity index (χ1) is 9.29. The fourth-order valence-corrected chi connectivity index (χ4v) is 3.44. The van der Waals surface area contributed by atoms with E-state index < -0.39 is 0 Å². The third-order valence-corrected chi connectivity index (χ3v) is 4.56. The summed E-state index contributed by atoms with van der Waals surface area (Å²) in [7, 11) is 2.19. The van der Waals surface area contributed by atoms with Crippen LogP contribution in [-0.4, -0.2) is 34.6 Å². The highest BCUT2D eigenvalue weighted by molar-refractivity contribution is 5.24. The normalized spacial score (nSPS) is 21.1. The van der Waals surface area contributed by atoms with Crippen molar-refractivity contribution in [3.63, 3.8) is 0 Å². The Balaban J connectivity index is 1.90. The molecule has 0 atom stereocenters. The third kappa shape index (κ3) is 2.40. The molecule has 102 valence electrons. The van der Waals surface area contributed by atoms with E-state index in [-0.39, 0.29) is 0 Å². The van der Waals surface area contributed by atoms with Crippen LogP contribution in [0.4, 0.5) is 0 Å². The van der Waals surface area contributed by atoms with Gasteiger partial charge in [-0.1, -0.05) is 0 Å². The van der Waals surface area contributed by atoms with Crippen LogP contribution >= 0.6 is 0 Å². The minimum absolute atomic E-state index is 0.474. The van der Waals surface area contributed by atoms with Gasteiger partial charge in [-0.05, 0) is 52.2 Å². The monoisotopic (exact) mass is 258 g/mol. The number of nitriles is 1. The second-order valence-corrected chi connectivity index (χ2v) is 5.88. The molecule has 1 saturated heterocycles. The molecule has 0 radical (unpaired) electrons. The van der Waals surface area contributed by atoms with Gasteiger partial charge in [-0.2, -0.15) is 5.26 Å². The lowest BCUT2D eigenvalue weighted by atomic mass is 9.96. The molecule has 3 rings (SSSR count). The summed E-state index contributed by atoms with van der Waals surface area (Å²) in [5.74, 6) is 1.87. The van der Waals surface area contributed by atoms with Gasteiger partial charge in [-0.3, -0.25) is 0 Å². The number of likely N-dealkylation sites (tertiary alicyclic amines) is 1. The Morgan fingerprint density at radius 3 is 2.79 bits per heavy atom. The van der Waals surface area contributed by atoms with Crippen LogP contribution in [0, 0.1) is 11.3 Å². The summed E-state index contributed by atoms with van der Waals surface area (Å²) in [5, 5.41) is 8.97. The van der Waals surface area contributed by atoms with E-state index in [0.29, 0.717) is 12.3 Å². The van der Waals surface area contributed by atoms with Crippen molar-refractivity contribution in [2.24, 2.45) is 0 Å². The predicted molar refractivity (Wildman–Crippen MR) is 74.0 cm³/mol. The van der Waals surface area contributed by atoms with Gasteiger partial charge in [0.2, 0.25) is 0 Å². The molecule has 2 aliphatic rings. The standard InChI is InChI=1S/C15H22N4/c1-18-10-6-12(7-11-18)15-17-13(5-8-16)14-4-2-3-9-19(14)15/h12H,2-7,9-11H2,1H3. The maximum atomic E-state index is 8.97. The molecule has 0 unspecified atom stereocenters. The number of nitrogens with zero attached hydrogens (tertiary/aromatic N) is 4. The molecule has 19 heavy (non-hydrogen) atoms. The van der Waals surface area contributed by atoms with Crippen molar-refractivity contribution in [2.75, 3.05) is 20.1 Å². The van der Waals surface area contributed by atoms with Crippen molar-refractivity contribution in [1.29, 1.82) is 5.26 Å². The van der Waals surface area contributed by atoms with Gasteiger partial charge in [0.15, 0.2) is 0 Å². The van der Waals surface area contributed by atoms with E-state index in [1.165, 1.54) is 50.3 Å². The van der Waals surface area contributed by atoms with Gasteiger partial charge in [0.05, 0.1) is 18.2 Å². The van der Waals surface area contributed by atoms with Gasteiger partial charge in [0.25, 0.3) is 0 Å². The van der Waals surface area contributed by atoms with E-state index in [1.807, 2.05) is 0 Å². The molecule has 0 bridgehead atoms. The number of rotatable bonds is 2. The maximum Gasteiger partial charge on any atom is 0.112 e. The fourth-order valence-electron chi connectivity index (χ4n) is 3.44. The van der Waals surface area contributed by atoms with Crippen LogP contribution in [0.2, 0.25) is 0 Å². The molecule has 0 spiro atoms. The molecule has 2 aliphatic heterocycles. The minimum atomic E-state index is 0.474. The molecular weight excluding hydrogens is 236 g/mol. The molecule has 1 aromatic rings. The Labute approximate surface area is 115 Å². The first kappa shape index (κ1) is 12.7. The molecule has 0 saturated carbocycles. The quantitative estimate of drug-likeness (QED) is 0.816. The Morgan fingerprint density at radius 1 is 1.26 bits per heavy atom. The molecule has 1 aromatic heterocycles. The average Bonchev–Trinajstić information content (AvgIpc) is 2.80. The van der Waals surface area contributed by atoms with Crippen molar-refractivity contribution < 1.29 is 0 Å². The Kier molecular flexibility index (Phi) is 3.56. The zero-order valence-electron chi connectivity index (χ0n) is 11.7.